The maximum absolute atomic E-state index is 12.0. The number of nitrogens with one attached hydrogen (secondary N) is 1. The number of thiocarbonyl (C=S) groups is 1. The molecule has 0 spiro atoms. The molecule has 0 saturated heterocycles. The van der Waals surface area contributed by atoms with Gasteiger partial charge >= 0.3 is 6.18 Å². The number of nitrogens with two attached hydrogens (primary N) is 1. The Morgan fingerprint density at radius 1 is 1.38 bits per heavy atom. The van der Waals surface area contributed by atoms with Gasteiger partial charge in [0, 0.05) is 18.5 Å². The van der Waals surface area contributed by atoms with Crippen LogP contribution in [0.4, 0.5) is 13.2 Å². The maximum Gasteiger partial charge on any atom is 0.389 e. The van der Waals surface area contributed by atoms with Crippen LogP contribution in [0.3, 0.4) is 0 Å². The number of halogens is 4. The first-order chi connectivity index (χ1) is 9.53. The number of benzene rings is 1. The topological polar surface area (TPSA) is 72.2 Å². The number of alkyl halides is 3. The summed E-state index contributed by atoms with van der Waals surface area (Å²) in [7, 11) is -3.93. The third-order valence-corrected chi connectivity index (χ3v) is 4.44. The fraction of sp³-hybridized carbons (Fsp3) is 0.364. The van der Waals surface area contributed by atoms with E-state index in [1.54, 1.807) is 0 Å². The molecule has 0 aliphatic rings. The molecule has 0 atom stereocenters. The Bertz CT molecular complexity index is 633. The number of rotatable bonds is 6. The van der Waals surface area contributed by atoms with E-state index in [1.165, 1.54) is 12.1 Å². The van der Waals surface area contributed by atoms with Gasteiger partial charge in [0.05, 0.1) is 9.92 Å². The second-order valence-electron chi connectivity index (χ2n) is 4.12. The molecular formula is C11H12ClF3N2O2S2. The highest BCUT2D eigenvalue weighted by Crippen LogP contribution is 2.22. The van der Waals surface area contributed by atoms with Crippen LogP contribution in [-0.2, 0) is 10.0 Å². The lowest BCUT2D eigenvalue weighted by Gasteiger charge is -2.10. The van der Waals surface area contributed by atoms with Gasteiger partial charge in [-0.05, 0) is 24.6 Å². The number of hydrogen-bond donors (Lipinski definition) is 2. The van der Waals surface area contributed by atoms with Crippen LogP contribution in [0.2, 0.25) is 5.02 Å². The Morgan fingerprint density at radius 3 is 2.48 bits per heavy atom. The van der Waals surface area contributed by atoms with Crippen molar-refractivity contribution < 1.29 is 21.6 Å². The summed E-state index contributed by atoms with van der Waals surface area (Å²) in [6, 6.07) is 3.71. The van der Waals surface area contributed by atoms with Gasteiger partial charge < -0.3 is 5.73 Å². The van der Waals surface area contributed by atoms with E-state index in [0.717, 1.165) is 6.07 Å². The second kappa shape index (κ2) is 6.91. The molecule has 0 aliphatic carbocycles. The molecule has 1 aromatic rings. The SMILES string of the molecule is NC(=S)c1ccc(S(=O)(=O)NCCCC(F)(F)F)cc1Cl. The maximum atomic E-state index is 12.0. The molecule has 10 heteroatoms. The first kappa shape index (κ1) is 18.1. The van der Waals surface area contributed by atoms with E-state index in [9.17, 15) is 21.6 Å². The van der Waals surface area contributed by atoms with Gasteiger partial charge in [0.15, 0.2) is 0 Å². The Hall–Kier alpha value is -0.900. The molecule has 4 nitrogen and oxygen atoms in total. The Morgan fingerprint density at radius 2 is 2.00 bits per heavy atom. The molecule has 0 unspecified atom stereocenters. The van der Waals surface area contributed by atoms with E-state index < -0.39 is 22.6 Å². The molecule has 1 aromatic carbocycles. The zero-order valence-electron chi connectivity index (χ0n) is 10.6. The number of hydrogen-bond acceptors (Lipinski definition) is 3. The molecule has 0 radical (unpaired) electrons. The predicted octanol–water partition coefficient (Wildman–Crippen LogP) is 2.60. The van der Waals surface area contributed by atoms with Gasteiger partial charge in [0.2, 0.25) is 10.0 Å². The van der Waals surface area contributed by atoms with Crippen molar-refractivity contribution in [3.63, 3.8) is 0 Å². The molecule has 0 amide bonds. The van der Waals surface area contributed by atoms with Crippen LogP contribution >= 0.6 is 23.8 Å². The normalized spacial score (nSPS) is 12.4. The van der Waals surface area contributed by atoms with Crippen LogP contribution < -0.4 is 10.5 Å². The molecule has 0 heterocycles. The monoisotopic (exact) mass is 360 g/mol. The fourth-order valence-corrected chi connectivity index (χ4v) is 3.12. The van der Waals surface area contributed by atoms with Crippen LogP contribution in [0.15, 0.2) is 23.1 Å². The van der Waals surface area contributed by atoms with Gasteiger partial charge in [-0.25, -0.2) is 13.1 Å². The van der Waals surface area contributed by atoms with Crippen molar-refractivity contribution in [2.45, 2.75) is 23.9 Å². The van der Waals surface area contributed by atoms with E-state index in [4.69, 9.17) is 29.6 Å². The lowest BCUT2D eigenvalue weighted by atomic mass is 10.2. The van der Waals surface area contributed by atoms with Crippen molar-refractivity contribution in [2.24, 2.45) is 5.73 Å². The van der Waals surface area contributed by atoms with Crippen molar-refractivity contribution in [1.29, 1.82) is 0 Å². The minimum absolute atomic E-state index is 0.0158. The molecule has 3 N–H and O–H groups in total. The third-order valence-electron chi connectivity index (χ3n) is 2.45. The number of sulfonamides is 1. The van der Waals surface area contributed by atoms with Crippen molar-refractivity contribution in [3.05, 3.63) is 28.8 Å². The van der Waals surface area contributed by atoms with Gasteiger partial charge in [-0.3, -0.25) is 0 Å². The molecule has 0 bridgehead atoms. The summed E-state index contributed by atoms with van der Waals surface area (Å²) in [4.78, 5) is -0.151. The first-order valence-corrected chi connectivity index (χ1v) is 7.95. The highest BCUT2D eigenvalue weighted by molar-refractivity contribution is 7.89. The molecule has 118 valence electrons. The molecule has 0 saturated carbocycles. The molecule has 21 heavy (non-hydrogen) atoms. The van der Waals surface area contributed by atoms with Gasteiger partial charge in [0.1, 0.15) is 4.99 Å². The van der Waals surface area contributed by atoms with Crippen molar-refractivity contribution in [2.75, 3.05) is 6.54 Å². The van der Waals surface area contributed by atoms with Crippen LogP contribution in [0, 0.1) is 0 Å². The molecular weight excluding hydrogens is 349 g/mol. The molecule has 0 aromatic heterocycles. The van der Waals surface area contributed by atoms with Crippen molar-refractivity contribution in [3.8, 4) is 0 Å². The summed E-state index contributed by atoms with van der Waals surface area (Å²) < 4.78 is 61.7. The summed E-state index contributed by atoms with van der Waals surface area (Å²) in [5.74, 6) is 0. The largest absolute Gasteiger partial charge is 0.389 e. The molecule has 0 aliphatic heterocycles. The van der Waals surface area contributed by atoms with Gasteiger partial charge in [-0.2, -0.15) is 13.2 Å². The van der Waals surface area contributed by atoms with Crippen LogP contribution in [0.25, 0.3) is 0 Å². The highest BCUT2D eigenvalue weighted by Gasteiger charge is 2.26. The lowest BCUT2D eigenvalue weighted by Crippen LogP contribution is -2.26. The Labute approximate surface area is 130 Å². The standard InChI is InChI=1S/C11H12ClF3N2O2S2/c12-9-6-7(2-3-8(9)10(16)20)21(18,19)17-5-1-4-11(13,14)15/h2-3,6,17H,1,4-5H2,(H2,16,20). The van der Waals surface area contributed by atoms with Crippen LogP contribution in [0.5, 0.6) is 0 Å². The summed E-state index contributed by atoms with van der Waals surface area (Å²) in [6.07, 6.45) is -5.72. The summed E-state index contributed by atoms with van der Waals surface area (Å²) in [6.45, 7) is -0.323. The Balaban J connectivity index is 2.75. The van der Waals surface area contributed by atoms with Crippen molar-refractivity contribution in [1.82, 2.24) is 4.72 Å². The zero-order valence-corrected chi connectivity index (χ0v) is 13.0. The van der Waals surface area contributed by atoms with Gasteiger partial charge in [0.25, 0.3) is 0 Å². The average Bonchev–Trinajstić information content (AvgIpc) is 2.33. The second-order valence-corrected chi connectivity index (χ2v) is 6.74. The zero-order chi connectivity index (χ0) is 16.3. The van der Waals surface area contributed by atoms with E-state index in [2.05, 4.69) is 4.72 Å². The van der Waals surface area contributed by atoms with Crippen LogP contribution in [0.1, 0.15) is 18.4 Å². The minimum Gasteiger partial charge on any atom is -0.389 e. The molecule has 1 rings (SSSR count). The quantitative estimate of drug-likeness (QED) is 0.604. The minimum atomic E-state index is -4.31. The lowest BCUT2D eigenvalue weighted by molar-refractivity contribution is -0.135. The third kappa shape index (κ3) is 5.77. The molecule has 0 fully saturated rings. The van der Waals surface area contributed by atoms with E-state index >= 15 is 0 Å². The summed E-state index contributed by atoms with van der Waals surface area (Å²) >= 11 is 10.6. The summed E-state index contributed by atoms with van der Waals surface area (Å²) in [5.41, 5.74) is 5.71. The summed E-state index contributed by atoms with van der Waals surface area (Å²) in [5, 5.41) is 0.0562. The van der Waals surface area contributed by atoms with Crippen molar-refractivity contribution >= 4 is 38.8 Å². The fourth-order valence-electron chi connectivity index (χ4n) is 1.44. The first-order valence-electron chi connectivity index (χ1n) is 5.69. The van der Waals surface area contributed by atoms with Crippen LogP contribution in [-0.4, -0.2) is 26.1 Å². The van der Waals surface area contributed by atoms with E-state index in [-0.39, 0.29) is 27.9 Å². The van der Waals surface area contributed by atoms with Gasteiger partial charge in [-0.1, -0.05) is 23.8 Å². The highest BCUT2D eigenvalue weighted by atomic mass is 35.5. The Kier molecular flexibility index (Phi) is 5.97. The van der Waals surface area contributed by atoms with Gasteiger partial charge in [-0.15, -0.1) is 0 Å². The average molecular weight is 361 g/mol. The van der Waals surface area contributed by atoms with E-state index in [1.807, 2.05) is 0 Å². The van der Waals surface area contributed by atoms with E-state index in [0.29, 0.717) is 5.56 Å². The predicted molar refractivity (Wildman–Crippen MR) is 77.8 cm³/mol. The smallest absolute Gasteiger partial charge is 0.389 e.